The Bertz CT molecular complexity index is 4170. The van der Waals surface area contributed by atoms with Crippen LogP contribution in [-0.4, -0.2) is 91.7 Å². The summed E-state index contributed by atoms with van der Waals surface area (Å²) in [4.78, 5) is 42.8. The molecule has 13 rings (SSSR count). The molecule has 16 heteroatoms. The van der Waals surface area contributed by atoms with Crippen molar-refractivity contribution in [3.63, 3.8) is 0 Å². The maximum atomic E-state index is 13.6. The minimum Gasteiger partial charge on any atom is -0.545 e. The third-order valence-corrected chi connectivity index (χ3v) is 20.8. The number of carboxylic acid groups (broad SMARTS) is 2. The number of thiophene rings is 2. The summed E-state index contributed by atoms with van der Waals surface area (Å²) in [7, 11) is 1.61. The van der Waals surface area contributed by atoms with Gasteiger partial charge in [-0.2, -0.15) is 4.89 Å². The van der Waals surface area contributed by atoms with Crippen LogP contribution in [0.5, 0.6) is 11.5 Å². The molecule has 12 nitrogen and oxygen atoms in total. The Morgan fingerprint density at radius 1 is 0.389 bits per heavy atom. The molecule has 10 aromatic rings. The first-order valence-corrected chi connectivity index (χ1v) is 33.3. The van der Waals surface area contributed by atoms with Gasteiger partial charge in [-0.1, -0.05) is 144 Å². The van der Waals surface area contributed by atoms with Crippen molar-refractivity contribution in [2.75, 3.05) is 79.8 Å². The summed E-state index contributed by atoms with van der Waals surface area (Å²) >= 11 is 3.38. The number of hydrogen-bond acceptors (Lipinski definition) is 14. The van der Waals surface area contributed by atoms with Crippen molar-refractivity contribution in [1.29, 1.82) is 0 Å². The number of carbonyl (C=O) groups is 2. The second-order valence-corrected chi connectivity index (χ2v) is 26.8. The molecule has 95 heavy (non-hydrogen) atoms. The van der Waals surface area contributed by atoms with Gasteiger partial charge in [0.15, 0.2) is 5.75 Å². The maximum absolute atomic E-state index is 13.6. The molecule has 0 unspecified atom stereocenters. The van der Waals surface area contributed by atoms with E-state index in [-0.39, 0.29) is 198 Å². The van der Waals surface area contributed by atoms with Crippen molar-refractivity contribution < 1.29 is 196 Å². The predicted molar refractivity (Wildman–Crippen MR) is 363 cm³/mol. The number of aromatic carboxylic acids is 2. The van der Waals surface area contributed by atoms with Crippen LogP contribution in [0.2, 0.25) is 0 Å². The van der Waals surface area contributed by atoms with Gasteiger partial charge in [-0.3, -0.25) is 0 Å². The molecular formula is C79H72Cs2O12S2. The molecule has 0 bridgehead atoms. The Kier molecular flexibility index (Phi) is 23.7. The van der Waals surface area contributed by atoms with E-state index in [4.69, 9.17) is 38.2 Å². The number of benzene rings is 8. The first-order valence-electron chi connectivity index (χ1n) is 31.7. The van der Waals surface area contributed by atoms with Crippen LogP contribution in [0.15, 0.2) is 182 Å². The van der Waals surface area contributed by atoms with Gasteiger partial charge >= 0.3 is 138 Å². The minimum atomic E-state index is -1.51. The van der Waals surface area contributed by atoms with Gasteiger partial charge in [0.05, 0.1) is 70.2 Å². The fourth-order valence-corrected chi connectivity index (χ4v) is 15.8. The fourth-order valence-electron chi connectivity index (χ4n) is 13.8. The Balaban J connectivity index is 0.00000459. The van der Waals surface area contributed by atoms with Crippen LogP contribution < -0.4 is 158 Å². The largest absolute Gasteiger partial charge is 1.00 e. The van der Waals surface area contributed by atoms with Crippen molar-refractivity contribution in [2.45, 2.75) is 57.3 Å². The number of carboxylic acids is 2. The summed E-state index contributed by atoms with van der Waals surface area (Å²) in [6.07, 6.45) is 0.898. The van der Waals surface area contributed by atoms with E-state index in [0.29, 0.717) is 57.4 Å². The maximum Gasteiger partial charge on any atom is 1.00 e. The molecule has 3 aliphatic rings. The van der Waals surface area contributed by atoms with E-state index in [0.717, 1.165) is 70.4 Å². The zero-order chi connectivity index (χ0) is 64.4. The Morgan fingerprint density at radius 2 is 0.758 bits per heavy atom. The van der Waals surface area contributed by atoms with Crippen LogP contribution in [0.1, 0.15) is 106 Å². The third kappa shape index (κ3) is 14.2. The average Bonchev–Trinajstić information content (AvgIpc) is 1.57. The van der Waals surface area contributed by atoms with Gasteiger partial charge in [-0.05, 0) is 179 Å². The summed E-state index contributed by atoms with van der Waals surface area (Å²) in [6, 6.07) is 62.4. The van der Waals surface area contributed by atoms with E-state index >= 15 is 0 Å². The molecule has 474 valence electrons. The van der Waals surface area contributed by atoms with Crippen LogP contribution in [0.3, 0.4) is 0 Å². The molecule has 0 saturated heterocycles. The molecule has 0 aliphatic heterocycles. The number of ether oxygens (including phenoxy) is 6. The van der Waals surface area contributed by atoms with Gasteiger partial charge < -0.3 is 53.1 Å². The van der Waals surface area contributed by atoms with Gasteiger partial charge in [0, 0.05) is 55.2 Å². The molecule has 0 spiro atoms. The molecule has 0 radical (unpaired) electrons. The van der Waals surface area contributed by atoms with E-state index in [1.807, 2.05) is 19.1 Å². The number of fused-ring (bicyclic) bond motifs is 9. The standard InChI is InChI=1S/C79H74O12S2.2Cs/c1-7-32-85-35-36-88-40-42-90-91-70-27-21-54(48-62(70)76(82)83)79(53-20-26-69(61(47-53)75(80)81)89-41-39-87-38-37-86-34-33-84-6)67-45-51(73-30-28-71(92-73)49-16-22-57-55-12-8-10-14-63(55)77(2,3)65(57)43-49)18-24-59(67)60-25-19-52(46-68(60)79)74-31-29-72(93-74)50-17-23-58-56-13-9-11-15-64(56)78(4,5)66(58)44-50;;/h8-31,43-48H,7,32-42H2,1-6H3,(H,80,81)(H,82,83);;/q;2*+1/p-2. The third-order valence-electron chi connectivity index (χ3n) is 18.4. The van der Waals surface area contributed by atoms with Crippen LogP contribution in [0.4, 0.5) is 0 Å². The smallest absolute Gasteiger partial charge is 0.545 e. The molecule has 0 saturated carbocycles. The van der Waals surface area contributed by atoms with Crippen LogP contribution in [-0.2, 0) is 44.8 Å². The van der Waals surface area contributed by atoms with E-state index in [2.05, 4.69) is 173 Å². The van der Waals surface area contributed by atoms with Crippen molar-refractivity contribution in [2.24, 2.45) is 0 Å². The predicted octanol–water partition coefficient (Wildman–Crippen LogP) is 9.00. The van der Waals surface area contributed by atoms with Crippen LogP contribution in [0, 0.1) is 0 Å². The summed E-state index contributed by atoms with van der Waals surface area (Å²) in [5.41, 5.74) is 16.4. The first-order chi connectivity index (χ1) is 45.2. The number of rotatable bonds is 28. The second-order valence-electron chi connectivity index (χ2n) is 24.7. The normalized spacial score (nSPS) is 13.7. The molecular weight excluding hydrogens is 1470 g/mol. The SMILES string of the molecule is CCCOCCOCCOOc1ccc(C2(c3ccc(OCCOCCOCCOC)c(C(=O)[O-])c3)c3cc(-c4ccc(-c5ccc6c(c5)C(C)(C)c5ccccc5-6)s4)ccc3-c3ccc(-c4ccc(-c5ccc6c(c5)C(C)(C)c5ccccc5-6)s4)cc32)cc1C(=O)[O-].[Cs+].[Cs+]. The van der Waals surface area contributed by atoms with Gasteiger partial charge in [-0.25, -0.2) is 0 Å². The van der Waals surface area contributed by atoms with Gasteiger partial charge in [0.25, 0.3) is 0 Å². The Morgan fingerprint density at radius 3 is 1.20 bits per heavy atom. The number of methoxy groups -OCH3 is 1. The van der Waals surface area contributed by atoms with E-state index in [1.165, 1.54) is 44.5 Å². The quantitative estimate of drug-likeness (QED) is 0.0261. The van der Waals surface area contributed by atoms with E-state index < -0.39 is 17.4 Å². The first kappa shape index (κ1) is 71.8. The molecule has 2 heterocycles. The summed E-state index contributed by atoms with van der Waals surface area (Å²) in [6.45, 7) is 14.5. The number of hydrogen-bond donors (Lipinski definition) is 0. The molecule has 3 aliphatic carbocycles. The van der Waals surface area contributed by atoms with Crippen molar-refractivity contribution in [1.82, 2.24) is 0 Å². The molecule has 0 atom stereocenters. The van der Waals surface area contributed by atoms with E-state index in [9.17, 15) is 19.8 Å². The topological polar surface area (TPSA) is 154 Å². The molecule has 0 amide bonds. The monoisotopic (exact) mass is 1540 g/mol. The Labute approximate surface area is 681 Å². The average molecular weight is 1540 g/mol. The van der Waals surface area contributed by atoms with Gasteiger partial charge in [-0.15, -0.1) is 22.7 Å². The minimum absolute atomic E-state index is 0. The summed E-state index contributed by atoms with van der Waals surface area (Å²) in [5, 5.41) is 27.3. The molecule has 0 N–H and O–H groups in total. The zero-order valence-electron chi connectivity index (χ0n) is 55.0. The molecule has 2 aromatic heterocycles. The van der Waals surface area contributed by atoms with Crippen molar-refractivity contribution in [3.8, 4) is 86.6 Å². The molecule has 8 aromatic carbocycles. The van der Waals surface area contributed by atoms with Gasteiger partial charge in [0.1, 0.15) is 19.0 Å². The van der Waals surface area contributed by atoms with Crippen LogP contribution in [0.25, 0.3) is 75.1 Å². The summed E-state index contributed by atoms with van der Waals surface area (Å²) < 4.78 is 33.8. The van der Waals surface area contributed by atoms with Crippen LogP contribution >= 0.6 is 22.7 Å². The Hall–Kier alpha value is -4.44. The second kappa shape index (κ2) is 31.4. The molecule has 0 fully saturated rings. The number of carbonyl (C=O) groups excluding carboxylic acids is 2. The van der Waals surface area contributed by atoms with E-state index in [1.54, 1.807) is 54.0 Å². The fraction of sp³-hybridized carbons (Fsp3) is 0.266. The van der Waals surface area contributed by atoms with Crippen molar-refractivity contribution in [3.05, 3.63) is 238 Å². The zero-order valence-corrected chi connectivity index (χ0v) is 69.2. The summed E-state index contributed by atoms with van der Waals surface area (Å²) in [5.74, 6) is -2.97. The van der Waals surface area contributed by atoms with Crippen molar-refractivity contribution >= 4 is 34.6 Å². The van der Waals surface area contributed by atoms with Gasteiger partial charge in [0.2, 0.25) is 0 Å².